The molecule has 0 bridgehead atoms. The maximum absolute atomic E-state index is 12.9. The lowest BCUT2D eigenvalue weighted by Gasteiger charge is -2.39. The number of halogens is 1. The Morgan fingerprint density at radius 1 is 0.972 bits per heavy atom. The maximum Gasteiger partial charge on any atom is 0.229 e. The van der Waals surface area contributed by atoms with Crippen LogP contribution in [-0.4, -0.2) is 69.2 Å². The minimum Gasteiger partial charge on any atom is -0.462 e. The second-order valence-corrected chi connectivity index (χ2v) is 9.78. The lowest BCUT2D eigenvalue weighted by molar-refractivity contribution is -0.277. The van der Waals surface area contributed by atoms with E-state index in [4.69, 9.17) is 26.1 Å². The number of allylic oxidation sites excluding steroid dienone is 2. The minimum atomic E-state index is -1.52. The minimum absolute atomic E-state index is 0.127. The van der Waals surface area contributed by atoms with Crippen molar-refractivity contribution in [3.05, 3.63) is 76.0 Å². The largest absolute Gasteiger partial charge is 0.462 e. The van der Waals surface area contributed by atoms with Gasteiger partial charge in [0, 0.05) is 40.8 Å². The van der Waals surface area contributed by atoms with Crippen LogP contribution in [0.2, 0.25) is 5.02 Å². The molecule has 1 unspecified atom stereocenters. The highest BCUT2D eigenvalue weighted by Gasteiger charge is 2.44. The summed E-state index contributed by atoms with van der Waals surface area (Å²) in [5.74, 6) is 0.341. The summed E-state index contributed by atoms with van der Waals surface area (Å²) < 4.78 is 11.1. The second kappa shape index (κ2) is 10.4. The van der Waals surface area contributed by atoms with Gasteiger partial charge in [0.2, 0.25) is 6.29 Å². The van der Waals surface area contributed by atoms with Gasteiger partial charge >= 0.3 is 0 Å². The Balaban J connectivity index is 1.39. The topological polar surface area (TPSA) is 129 Å². The highest BCUT2D eigenvalue weighted by molar-refractivity contribution is 6.30. The van der Waals surface area contributed by atoms with Gasteiger partial charge in [0.15, 0.2) is 5.78 Å². The standard InChI is InChI=1S/C27H28ClNO7/c28-16-8-4-15(5-9-16)20-12-18(23-19(29-20)2-1-3-21(23)31)14-6-10-17(11-7-14)35-27-26(34)25(33)24(32)22(13-30)36-27/h4-11,18,22,24-27,30,32-34H,1-3,12-13H2/t18?,22-,24-,25-,26-,27-/m1/s1. The van der Waals surface area contributed by atoms with Crippen molar-refractivity contribution in [1.82, 2.24) is 0 Å². The first-order valence-electron chi connectivity index (χ1n) is 12.0. The lowest BCUT2D eigenvalue weighted by atomic mass is 9.77. The molecular weight excluding hydrogens is 486 g/mol. The SMILES string of the molecule is O=C1CCCC2=C1C(c1ccc(O[C@@H]3O[C@H](CO)[C@@H](O)[C@@H](O)[C@H]3O)cc1)CC(c1ccc(Cl)cc1)=N2. The molecule has 2 aliphatic heterocycles. The summed E-state index contributed by atoms with van der Waals surface area (Å²) in [5, 5.41) is 40.2. The number of ether oxygens (including phenoxy) is 2. The summed E-state index contributed by atoms with van der Waals surface area (Å²) >= 11 is 6.06. The maximum atomic E-state index is 12.9. The van der Waals surface area contributed by atoms with Crippen LogP contribution in [0.3, 0.4) is 0 Å². The van der Waals surface area contributed by atoms with Crippen LogP contribution in [0.1, 0.15) is 42.7 Å². The molecule has 3 aliphatic rings. The molecule has 4 N–H and O–H groups in total. The first-order valence-corrected chi connectivity index (χ1v) is 12.4. The zero-order chi connectivity index (χ0) is 25.4. The number of ketones is 1. The van der Waals surface area contributed by atoms with Gasteiger partial charge in [0.1, 0.15) is 30.2 Å². The quantitative estimate of drug-likeness (QED) is 0.483. The van der Waals surface area contributed by atoms with Crippen molar-refractivity contribution in [2.24, 2.45) is 4.99 Å². The molecule has 8 nitrogen and oxygen atoms in total. The van der Waals surface area contributed by atoms with E-state index >= 15 is 0 Å². The van der Waals surface area contributed by atoms with E-state index in [9.17, 15) is 25.2 Å². The first-order chi connectivity index (χ1) is 17.4. The zero-order valence-corrected chi connectivity index (χ0v) is 20.2. The van der Waals surface area contributed by atoms with Gasteiger partial charge in [-0.15, -0.1) is 0 Å². The summed E-state index contributed by atoms with van der Waals surface area (Å²) in [5.41, 5.74) is 4.42. The van der Waals surface area contributed by atoms with Crippen LogP contribution < -0.4 is 4.74 Å². The number of nitrogens with zero attached hydrogens (tertiary/aromatic N) is 1. The van der Waals surface area contributed by atoms with Gasteiger partial charge in [-0.2, -0.15) is 0 Å². The molecule has 190 valence electrons. The van der Waals surface area contributed by atoms with Crippen molar-refractivity contribution in [1.29, 1.82) is 0 Å². The number of aliphatic hydroxyl groups is 4. The number of benzene rings is 2. The van der Waals surface area contributed by atoms with Crippen molar-refractivity contribution in [2.75, 3.05) is 6.61 Å². The number of aliphatic hydroxyl groups excluding tert-OH is 4. The Hall–Kier alpha value is -2.59. The molecule has 2 aromatic rings. The van der Waals surface area contributed by atoms with E-state index in [1.54, 1.807) is 12.1 Å². The summed E-state index contributed by atoms with van der Waals surface area (Å²) in [6, 6.07) is 14.7. The van der Waals surface area contributed by atoms with E-state index in [0.29, 0.717) is 23.6 Å². The van der Waals surface area contributed by atoms with Crippen molar-refractivity contribution >= 4 is 23.1 Å². The third-order valence-electron chi connectivity index (χ3n) is 7.01. The number of carbonyl (C=O) groups excluding carboxylic acids is 1. The summed E-state index contributed by atoms with van der Waals surface area (Å²) in [6.07, 6.45) is -4.16. The highest BCUT2D eigenvalue weighted by Crippen LogP contribution is 2.41. The van der Waals surface area contributed by atoms with Crippen molar-refractivity contribution in [3.8, 4) is 5.75 Å². The molecule has 1 saturated heterocycles. The predicted octanol–water partition coefficient (Wildman–Crippen LogP) is 2.50. The number of aliphatic imine (C=N–C) groups is 1. The van der Waals surface area contributed by atoms with Gasteiger partial charge in [-0.3, -0.25) is 9.79 Å². The van der Waals surface area contributed by atoms with E-state index in [2.05, 4.69) is 0 Å². The fraction of sp³-hybridized carbons (Fsp3) is 0.407. The van der Waals surface area contributed by atoms with Crippen LogP contribution in [0.15, 0.2) is 64.8 Å². The van der Waals surface area contributed by atoms with Crippen LogP contribution in [0, 0.1) is 0 Å². The number of rotatable bonds is 5. The average Bonchev–Trinajstić information content (AvgIpc) is 2.89. The molecule has 0 radical (unpaired) electrons. The van der Waals surface area contributed by atoms with Gasteiger partial charge < -0.3 is 29.9 Å². The van der Waals surface area contributed by atoms with Gasteiger partial charge in [0.05, 0.1) is 6.61 Å². The highest BCUT2D eigenvalue weighted by atomic mass is 35.5. The molecule has 36 heavy (non-hydrogen) atoms. The van der Waals surface area contributed by atoms with E-state index < -0.39 is 37.3 Å². The molecule has 1 fully saturated rings. The van der Waals surface area contributed by atoms with Crippen molar-refractivity contribution in [2.45, 2.75) is 62.3 Å². The third kappa shape index (κ3) is 4.85. The van der Waals surface area contributed by atoms with E-state index in [-0.39, 0.29) is 11.7 Å². The molecule has 5 rings (SSSR count). The average molecular weight is 514 g/mol. The Morgan fingerprint density at radius 3 is 2.39 bits per heavy atom. The van der Waals surface area contributed by atoms with Crippen LogP contribution in [-0.2, 0) is 9.53 Å². The van der Waals surface area contributed by atoms with Crippen LogP contribution in [0.4, 0.5) is 0 Å². The second-order valence-electron chi connectivity index (χ2n) is 9.34. The zero-order valence-electron chi connectivity index (χ0n) is 19.5. The first kappa shape index (κ1) is 25.1. The third-order valence-corrected chi connectivity index (χ3v) is 7.26. The summed E-state index contributed by atoms with van der Waals surface area (Å²) in [4.78, 5) is 17.8. The molecule has 9 heteroatoms. The summed E-state index contributed by atoms with van der Waals surface area (Å²) in [7, 11) is 0. The normalized spacial score (nSPS) is 30.6. The molecule has 0 amide bonds. The Labute approximate surface area is 213 Å². The van der Waals surface area contributed by atoms with Crippen LogP contribution in [0.25, 0.3) is 0 Å². The van der Waals surface area contributed by atoms with E-state index in [1.807, 2.05) is 36.4 Å². The van der Waals surface area contributed by atoms with E-state index in [1.165, 1.54) is 0 Å². The molecule has 2 heterocycles. The molecule has 0 aromatic heterocycles. The fourth-order valence-electron chi connectivity index (χ4n) is 5.05. The van der Waals surface area contributed by atoms with Crippen LogP contribution >= 0.6 is 11.6 Å². The monoisotopic (exact) mass is 513 g/mol. The molecule has 1 aliphatic carbocycles. The van der Waals surface area contributed by atoms with Crippen LogP contribution in [0.5, 0.6) is 5.75 Å². The van der Waals surface area contributed by atoms with Gasteiger partial charge in [-0.05, 0) is 48.2 Å². The van der Waals surface area contributed by atoms with Crippen molar-refractivity contribution < 1.29 is 34.7 Å². The Kier molecular flexibility index (Phi) is 7.25. The van der Waals surface area contributed by atoms with E-state index in [0.717, 1.165) is 41.0 Å². The predicted molar refractivity (Wildman–Crippen MR) is 132 cm³/mol. The molecule has 0 saturated carbocycles. The Bertz CT molecular complexity index is 1180. The molecule has 6 atom stereocenters. The number of Topliss-reactive ketones (excluding diaryl/α,β-unsaturated/α-hetero) is 1. The summed E-state index contributed by atoms with van der Waals surface area (Å²) in [6.45, 7) is -0.533. The van der Waals surface area contributed by atoms with Gasteiger partial charge in [-0.25, -0.2) is 0 Å². The molecule has 2 aromatic carbocycles. The van der Waals surface area contributed by atoms with Gasteiger partial charge in [-0.1, -0.05) is 35.9 Å². The fourth-order valence-corrected chi connectivity index (χ4v) is 5.17. The van der Waals surface area contributed by atoms with Gasteiger partial charge in [0.25, 0.3) is 0 Å². The smallest absolute Gasteiger partial charge is 0.229 e. The number of hydrogen-bond acceptors (Lipinski definition) is 8. The molecule has 0 spiro atoms. The number of carbonyl (C=O) groups is 1. The number of hydrogen-bond donors (Lipinski definition) is 4. The Morgan fingerprint density at radius 2 is 1.69 bits per heavy atom. The molecular formula is C27H28ClNO7. The lowest BCUT2D eigenvalue weighted by Crippen LogP contribution is -2.60. The van der Waals surface area contributed by atoms with Crippen molar-refractivity contribution in [3.63, 3.8) is 0 Å².